The Labute approximate surface area is 226 Å². The molecule has 204 valence electrons. The Balaban J connectivity index is 2.23. The Morgan fingerprint density at radius 1 is 1.08 bits per heavy atom. The molecular weight excluding hydrogens is 514 g/mol. The van der Waals surface area contributed by atoms with Gasteiger partial charge in [-0.05, 0) is 48.6 Å². The third-order valence-electron chi connectivity index (χ3n) is 5.84. The number of nitrogens with zero attached hydrogens (tertiary/aromatic N) is 2. The van der Waals surface area contributed by atoms with Crippen LogP contribution in [0.1, 0.15) is 45.6 Å². The van der Waals surface area contributed by atoms with E-state index in [1.165, 1.54) is 11.4 Å². The number of rotatable bonds is 14. The van der Waals surface area contributed by atoms with Gasteiger partial charge in [-0.25, -0.2) is 8.42 Å². The van der Waals surface area contributed by atoms with Crippen molar-refractivity contribution in [1.29, 1.82) is 0 Å². The van der Waals surface area contributed by atoms with E-state index in [0.29, 0.717) is 29.4 Å². The van der Waals surface area contributed by atoms with Gasteiger partial charge >= 0.3 is 0 Å². The van der Waals surface area contributed by atoms with Crippen LogP contribution in [0.2, 0.25) is 5.02 Å². The van der Waals surface area contributed by atoms with E-state index in [2.05, 4.69) is 5.32 Å². The number of amides is 2. The lowest BCUT2D eigenvalue weighted by molar-refractivity contribution is -0.141. The highest BCUT2D eigenvalue weighted by Crippen LogP contribution is 2.30. The summed E-state index contributed by atoms with van der Waals surface area (Å²) >= 11 is 6.02. The van der Waals surface area contributed by atoms with Crippen LogP contribution in [-0.2, 0) is 26.2 Å². The van der Waals surface area contributed by atoms with Gasteiger partial charge in [-0.2, -0.15) is 0 Å². The molecule has 0 aromatic heterocycles. The number of sulfonamides is 1. The summed E-state index contributed by atoms with van der Waals surface area (Å²) in [6.07, 6.45) is 1.91. The summed E-state index contributed by atoms with van der Waals surface area (Å²) in [5, 5.41) is 3.52. The van der Waals surface area contributed by atoms with E-state index in [1.807, 2.05) is 32.9 Å². The molecule has 10 heteroatoms. The highest BCUT2D eigenvalue weighted by molar-refractivity contribution is 7.92. The average molecular weight is 552 g/mol. The zero-order valence-corrected chi connectivity index (χ0v) is 23.8. The third-order valence-corrected chi connectivity index (χ3v) is 7.27. The molecule has 0 saturated carbocycles. The first kappa shape index (κ1) is 30.4. The summed E-state index contributed by atoms with van der Waals surface area (Å²) in [5.41, 5.74) is 1.26. The van der Waals surface area contributed by atoms with Gasteiger partial charge in [0.1, 0.15) is 11.8 Å². The number of nitrogens with one attached hydrogen (secondary N) is 1. The maximum Gasteiger partial charge on any atom is 0.242 e. The molecule has 37 heavy (non-hydrogen) atoms. The lowest BCUT2D eigenvalue weighted by atomic mass is 10.1. The lowest BCUT2D eigenvalue weighted by Gasteiger charge is -2.31. The fraction of sp³-hybridized carbons (Fsp3) is 0.481. The van der Waals surface area contributed by atoms with Crippen molar-refractivity contribution in [2.24, 2.45) is 5.92 Å². The van der Waals surface area contributed by atoms with Crippen molar-refractivity contribution < 1.29 is 22.7 Å². The second kappa shape index (κ2) is 14.2. The fourth-order valence-corrected chi connectivity index (χ4v) is 5.04. The van der Waals surface area contributed by atoms with E-state index in [0.717, 1.165) is 11.8 Å². The summed E-state index contributed by atoms with van der Waals surface area (Å²) in [5.74, 6) is 0.274. The van der Waals surface area contributed by atoms with Gasteiger partial charge < -0.3 is 15.0 Å². The van der Waals surface area contributed by atoms with Gasteiger partial charge in [-0.1, -0.05) is 56.6 Å². The lowest BCUT2D eigenvalue weighted by Crippen LogP contribution is -2.49. The van der Waals surface area contributed by atoms with Gasteiger partial charge in [0.05, 0.1) is 19.1 Å². The van der Waals surface area contributed by atoms with E-state index in [4.69, 9.17) is 16.3 Å². The van der Waals surface area contributed by atoms with Crippen LogP contribution in [0.5, 0.6) is 5.75 Å². The van der Waals surface area contributed by atoms with E-state index >= 15 is 0 Å². The maximum atomic E-state index is 13.5. The Kier molecular flexibility index (Phi) is 11.7. The molecule has 8 nitrogen and oxygen atoms in total. The molecule has 0 fully saturated rings. The maximum absolute atomic E-state index is 13.5. The molecule has 0 spiro atoms. The van der Waals surface area contributed by atoms with Crippen molar-refractivity contribution in [3.63, 3.8) is 0 Å². The zero-order valence-electron chi connectivity index (χ0n) is 22.2. The molecular formula is C27H38ClN3O5S. The van der Waals surface area contributed by atoms with Gasteiger partial charge in [-0.3, -0.25) is 13.9 Å². The van der Waals surface area contributed by atoms with E-state index in [-0.39, 0.29) is 43.7 Å². The van der Waals surface area contributed by atoms with Crippen molar-refractivity contribution in [1.82, 2.24) is 10.2 Å². The molecule has 0 aliphatic rings. The average Bonchev–Trinajstić information content (AvgIpc) is 2.85. The van der Waals surface area contributed by atoms with Gasteiger partial charge in [0.25, 0.3) is 0 Å². The smallest absolute Gasteiger partial charge is 0.242 e. The first-order chi connectivity index (χ1) is 17.5. The van der Waals surface area contributed by atoms with Crippen molar-refractivity contribution >= 4 is 39.1 Å². The number of halogens is 1. The van der Waals surface area contributed by atoms with Gasteiger partial charge in [-0.15, -0.1) is 0 Å². The number of carbonyl (C=O) groups excluding carboxylic acids is 2. The predicted octanol–water partition coefficient (Wildman–Crippen LogP) is 4.47. The normalized spacial score (nSPS) is 12.2. The van der Waals surface area contributed by atoms with Crippen LogP contribution < -0.4 is 14.4 Å². The van der Waals surface area contributed by atoms with E-state index < -0.39 is 16.1 Å². The standard InChI is InChI=1S/C27H38ClN3O5S/c1-6-23(27(33)29-18-20(2)3)30(19-21-13-15-22(28)16-14-21)26(32)12-9-17-31(37(5,34)35)24-10-7-8-11-25(24)36-4/h7-8,10-11,13-16,20,23H,6,9,12,17-19H2,1-5H3,(H,29,33). The predicted molar refractivity (Wildman–Crippen MR) is 148 cm³/mol. The number of carbonyl (C=O) groups is 2. The van der Waals surface area contributed by atoms with Crippen LogP contribution >= 0.6 is 11.6 Å². The van der Waals surface area contributed by atoms with Crippen LogP contribution in [0, 0.1) is 5.92 Å². The minimum absolute atomic E-state index is 0.0721. The number of hydrogen-bond donors (Lipinski definition) is 1. The SMILES string of the molecule is CCC(C(=O)NCC(C)C)N(Cc1ccc(Cl)cc1)C(=O)CCCN(c1ccccc1OC)S(C)(=O)=O. The molecule has 2 rings (SSSR count). The third kappa shape index (κ3) is 9.23. The fourth-order valence-electron chi connectivity index (χ4n) is 3.95. The Morgan fingerprint density at radius 3 is 2.30 bits per heavy atom. The van der Waals surface area contributed by atoms with Crippen LogP contribution in [0.4, 0.5) is 5.69 Å². The molecule has 0 heterocycles. The van der Waals surface area contributed by atoms with Crippen LogP contribution in [0.3, 0.4) is 0 Å². The molecule has 0 bridgehead atoms. The monoisotopic (exact) mass is 551 g/mol. The van der Waals surface area contributed by atoms with Crippen molar-refractivity contribution in [2.45, 2.75) is 52.6 Å². The first-order valence-corrected chi connectivity index (χ1v) is 14.6. The summed E-state index contributed by atoms with van der Waals surface area (Å²) < 4.78 is 31.7. The molecule has 2 aromatic rings. The Bertz CT molecular complexity index is 1140. The van der Waals surface area contributed by atoms with E-state index in [9.17, 15) is 18.0 Å². The van der Waals surface area contributed by atoms with Crippen molar-refractivity contribution in [2.75, 3.05) is 30.8 Å². The van der Waals surface area contributed by atoms with Gasteiger partial charge in [0.15, 0.2) is 0 Å². The Morgan fingerprint density at radius 2 is 1.73 bits per heavy atom. The zero-order chi connectivity index (χ0) is 27.6. The number of methoxy groups -OCH3 is 1. The minimum atomic E-state index is -3.62. The summed E-state index contributed by atoms with van der Waals surface area (Å²) in [6, 6.07) is 13.3. The van der Waals surface area contributed by atoms with Crippen molar-refractivity contribution in [3.05, 3.63) is 59.1 Å². The largest absolute Gasteiger partial charge is 0.495 e. The molecule has 0 aliphatic heterocycles. The molecule has 1 N–H and O–H groups in total. The topological polar surface area (TPSA) is 96.0 Å². The Hall–Kier alpha value is -2.78. The molecule has 2 aromatic carbocycles. The molecule has 2 amide bonds. The highest BCUT2D eigenvalue weighted by Gasteiger charge is 2.29. The van der Waals surface area contributed by atoms with Crippen LogP contribution in [-0.4, -0.2) is 57.6 Å². The van der Waals surface area contributed by atoms with Crippen LogP contribution in [0.25, 0.3) is 0 Å². The summed E-state index contributed by atoms with van der Waals surface area (Å²) in [7, 11) is -2.14. The molecule has 0 saturated heterocycles. The van der Waals surface area contributed by atoms with Crippen LogP contribution in [0.15, 0.2) is 48.5 Å². The molecule has 1 atom stereocenters. The molecule has 0 aliphatic carbocycles. The number of para-hydroxylation sites is 2. The minimum Gasteiger partial charge on any atom is -0.495 e. The number of hydrogen-bond acceptors (Lipinski definition) is 5. The summed E-state index contributed by atoms with van der Waals surface area (Å²) in [6.45, 7) is 6.73. The first-order valence-electron chi connectivity index (χ1n) is 12.4. The van der Waals surface area contributed by atoms with Gasteiger partial charge in [0, 0.05) is 31.1 Å². The number of benzene rings is 2. The van der Waals surface area contributed by atoms with Crippen molar-refractivity contribution in [3.8, 4) is 5.75 Å². The quantitative estimate of drug-likeness (QED) is 0.373. The van der Waals surface area contributed by atoms with E-state index in [1.54, 1.807) is 41.3 Å². The van der Waals surface area contributed by atoms with Gasteiger partial charge in [0.2, 0.25) is 21.8 Å². The second-order valence-electron chi connectivity index (χ2n) is 9.32. The molecule has 1 unspecified atom stereocenters. The highest BCUT2D eigenvalue weighted by atomic mass is 35.5. The number of anilines is 1. The second-order valence-corrected chi connectivity index (χ2v) is 11.7. The number of ether oxygens (including phenoxy) is 1. The molecule has 0 radical (unpaired) electrons. The summed E-state index contributed by atoms with van der Waals surface area (Å²) in [4.78, 5) is 28.1.